The van der Waals surface area contributed by atoms with E-state index in [1.807, 2.05) is 13.8 Å². The first-order valence-corrected chi connectivity index (χ1v) is 4.03. The van der Waals surface area contributed by atoms with Gasteiger partial charge in [-0.15, -0.1) is 0 Å². The van der Waals surface area contributed by atoms with Crippen molar-refractivity contribution < 1.29 is 0 Å². The first kappa shape index (κ1) is 8.77. The predicted octanol–water partition coefficient (Wildman–Crippen LogP) is 1.26. The molecule has 0 saturated carbocycles. The number of aryl methyl sites for hydroxylation is 1. The van der Waals surface area contributed by atoms with Crippen LogP contribution < -0.4 is 10.6 Å². The number of aromatic nitrogens is 2. The molecule has 0 fully saturated rings. The first-order chi connectivity index (χ1) is 5.77. The summed E-state index contributed by atoms with van der Waals surface area (Å²) in [5, 5.41) is 6.05. The van der Waals surface area contributed by atoms with E-state index in [1.165, 1.54) is 0 Å². The molecular formula is C8H14N4. The second-order valence-corrected chi connectivity index (χ2v) is 2.51. The Labute approximate surface area is 72.4 Å². The van der Waals surface area contributed by atoms with E-state index in [1.54, 1.807) is 13.2 Å². The third kappa shape index (κ3) is 1.84. The molecule has 0 amide bonds. The molecule has 0 atom stereocenters. The average Bonchev–Trinajstić information content (AvgIpc) is 2.09. The molecule has 0 aliphatic carbocycles. The second kappa shape index (κ2) is 3.90. The lowest BCUT2D eigenvalue weighted by Crippen LogP contribution is -2.05. The minimum Gasteiger partial charge on any atom is -0.370 e. The minimum atomic E-state index is 0.650. The molecule has 0 aliphatic rings. The molecular weight excluding hydrogens is 152 g/mol. The maximum absolute atomic E-state index is 4.25. The van der Waals surface area contributed by atoms with Gasteiger partial charge < -0.3 is 10.6 Å². The fraction of sp³-hybridized carbons (Fsp3) is 0.500. The van der Waals surface area contributed by atoms with Crippen molar-refractivity contribution in [2.24, 2.45) is 0 Å². The summed E-state index contributed by atoms with van der Waals surface area (Å²) >= 11 is 0. The third-order valence-corrected chi connectivity index (χ3v) is 1.54. The molecule has 0 bridgehead atoms. The van der Waals surface area contributed by atoms with Crippen molar-refractivity contribution in [3.63, 3.8) is 0 Å². The van der Waals surface area contributed by atoms with Crippen LogP contribution >= 0.6 is 0 Å². The molecule has 12 heavy (non-hydrogen) atoms. The normalized spacial score (nSPS) is 9.58. The van der Waals surface area contributed by atoms with Crippen LogP contribution in [0.5, 0.6) is 0 Å². The summed E-state index contributed by atoms with van der Waals surface area (Å²) in [6.07, 6.45) is 1.80. The van der Waals surface area contributed by atoms with Crippen molar-refractivity contribution >= 4 is 11.8 Å². The topological polar surface area (TPSA) is 49.8 Å². The summed E-state index contributed by atoms with van der Waals surface area (Å²) < 4.78 is 0. The van der Waals surface area contributed by atoms with Crippen LogP contribution in [0.2, 0.25) is 0 Å². The highest BCUT2D eigenvalue weighted by Gasteiger charge is 1.99. The number of anilines is 2. The van der Waals surface area contributed by atoms with Gasteiger partial charge in [0.15, 0.2) is 0 Å². The van der Waals surface area contributed by atoms with Gasteiger partial charge in [-0.3, -0.25) is 0 Å². The molecule has 0 aromatic carbocycles. The molecule has 2 N–H and O–H groups in total. The third-order valence-electron chi connectivity index (χ3n) is 1.54. The van der Waals surface area contributed by atoms with Crippen molar-refractivity contribution in [3.8, 4) is 0 Å². The molecule has 66 valence electrons. The molecule has 0 spiro atoms. The van der Waals surface area contributed by atoms with Crippen LogP contribution in [-0.2, 0) is 0 Å². The molecule has 1 aromatic rings. The monoisotopic (exact) mass is 166 g/mol. The molecule has 0 unspecified atom stereocenters. The van der Waals surface area contributed by atoms with Crippen LogP contribution in [0, 0.1) is 6.92 Å². The summed E-state index contributed by atoms with van der Waals surface area (Å²) in [6, 6.07) is 0. The Hall–Kier alpha value is -1.32. The van der Waals surface area contributed by atoms with Crippen molar-refractivity contribution in [1.29, 1.82) is 0 Å². The number of hydrogen-bond donors (Lipinski definition) is 2. The molecule has 0 saturated heterocycles. The van der Waals surface area contributed by atoms with Gasteiger partial charge in [-0.05, 0) is 13.8 Å². The van der Waals surface area contributed by atoms with Crippen LogP contribution in [0.3, 0.4) is 0 Å². The van der Waals surface area contributed by atoms with Gasteiger partial charge >= 0.3 is 0 Å². The van der Waals surface area contributed by atoms with Gasteiger partial charge in [-0.1, -0.05) is 0 Å². The van der Waals surface area contributed by atoms with E-state index in [2.05, 4.69) is 20.6 Å². The summed E-state index contributed by atoms with van der Waals surface area (Å²) in [7, 11) is 1.81. The average molecular weight is 166 g/mol. The maximum Gasteiger partial charge on any atom is 0.224 e. The Kier molecular flexibility index (Phi) is 2.85. The van der Waals surface area contributed by atoms with E-state index in [0.29, 0.717) is 5.95 Å². The number of hydrogen-bond acceptors (Lipinski definition) is 4. The maximum atomic E-state index is 4.25. The fourth-order valence-corrected chi connectivity index (χ4v) is 0.909. The first-order valence-electron chi connectivity index (χ1n) is 4.03. The van der Waals surface area contributed by atoms with Gasteiger partial charge in [-0.2, -0.15) is 4.98 Å². The zero-order chi connectivity index (χ0) is 8.97. The SMILES string of the molecule is CCNc1nc(NC)ncc1C. The van der Waals surface area contributed by atoms with Crippen molar-refractivity contribution in [2.75, 3.05) is 24.2 Å². The Morgan fingerprint density at radius 3 is 2.83 bits per heavy atom. The lowest BCUT2D eigenvalue weighted by atomic mass is 10.3. The zero-order valence-corrected chi connectivity index (χ0v) is 7.68. The van der Waals surface area contributed by atoms with Gasteiger partial charge in [0.2, 0.25) is 5.95 Å². The summed E-state index contributed by atoms with van der Waals surface area (Å²) in [4.78, 5) is 8.32. The van der Waals surface area contributed by atoms with Gasteiger partial charge in [0, 0.05) is 25.4 Å². The molecule has 1 heterocycles. The van der Waals surface area contributed by atoms with E-state index >= 15 is 0 Å². The standard InChI is InChI=1S/C8H14N4/c1-4-10-7-6(2)5-11-8(9-3)12-7/h5H,4H2,1-3H3,(H2,9,10,11,12). The second-order valence-electron chi connectivity index (χ2n) is 2.51. The van der Waals surface area contributed by atoms with E-state index in [-0.39, 0.29) is 0 Å². The largest absolute Gasteiger partial charge is 0.370 e. The van der Waals surface area contributed by atoms with Crippen molar-refractivity contribution in [3.05, 3.63) is 11.8 Å². The Balaban J connectivity index is 2.91. The molecule has 1 rings (SSSR count). The molecule has 4 nitrogen and oxygen atoms in total. The molecule has 0 radical (unpaired) electrons. The van der Waals surface area contributed by atoms with Gasteiger partial charge in [0.1, 0.15) is 5.82 Å². The van der Waals surface area contributed by atoms with E-state index < -0.39 is 0 Å². The highest BCUT2D eigenvalue weighted by molar-refractivity contribution is 5.45. The van der Waals surface area contributed by atoms with Crippen LogP contribution in [0.1, 0.15) is 12.5 Å². The predicted molar refractivity (Wildman–Crippen MR) is 50.5 cm³/mol. The van der Waals surface area contributed by atoms with Crippen LogP contribution in [0.4, 0.5) is 11.8 Å². The molecule has 4 heteroatoms. The van der Waals surface area contributed by atoms with E-state index in [9.17, 15) is 0 Å². The summed E-state index contributed by atoms with van der Waals surface area (Å²) in [6.45, 7) is 4.90. The van der Waals surface area contributed by atoms with Crippen LogP contribution in [0.25, 0.3) is 0 Å². The van der Waals surface area contributed by atoms with Gasteiger partial charge in [-0.25, -0.2) is 4.98 Å². The highest BCUT2D eigenvalue weighted by Crippen LogP contribution is 2.11. The minimum absolute atomic E-state index is 0.650. The van der Waals surface area contributed by atoms with Crippen molar-refractivity contribution in [2.45, 2.75) is 13.8 Å². The van der Waals surface area contributed by atoms with Gasteiger partial charge in [0.05, 0.1) is 0 Å². The number of nitrogens with zero attached hydrogens (tertiary/aromatic N) is 2. The quantitative estimate of drug-likeness (QED) is 0.709. The Bertz CT molecular complexity index is 259. The summed E-state index contributed by atoms with van der Waals surface area (Å²) in [5.41, 5.74) is 1.07. The lowest BCUT2D eigenvalue weighted by molar-refractivity contribution is 1.08. The smallest absolute Gasteiger partial charge is 0.224 e. The van der Waals surface area contributed by atoms with Crippen LogP contribution in [-0.4, -0.2) is 23.6 Å². The van der Waals surface area contributed by atoms with Gasteiger partial charge in [0.25, 0.3) is 0 Å². The van der Waals surface area contributed by atoms with Crippen LogP contribution in [0.15, 0.2) is 6.20 Å². The summed E-state index contributed by atoms with van der Waals surface area (Å²) in [5.74, 6) is 1.55. The molecule has 0 aliphatic heterocycles. The highest BCUT2D eigenvalue weighted by atomic mass is 15.1. The fourth-order valence-electron chi connectivity index (χ4n) is 0.909. The zero-order valence-electron chi connectivity index (χ0n) is 7.68. The Morgan fingerprint density at radius 1 is 1.50 bits per heavy atom. The number of rotatable bonds is 3. The molecule has 1 aromatic heterocycles. The van der Waals surface area contributed by atoms with E-state index in [4.69, 9.17) is 0 Å². The Morgan fingerprint density at radius 2 is 2.25 bits per heavy atom. The lowest BCUT2D eigenvalue weighted by Gasteiger charge is -2.06. The van der Waals surface area contributed by atoms with E-state index in [0.717, 1.165) is 17.9 Å². The number of nitrogens with one attached hydrogen (secondary N) is 2. The van der Waals surface area contributed by atoms with Crippen molar-refractivity contribution in [1.82, 2.24) is 9.97 Å².